The van der Waals surface area contributed by atoms with E-state index >= 15 is 0 Å². The van der Waals surface area contributed by atoms with Crippen molar-refractivity contribution < 1.29 is 18.0 Å². The lowest BCUT2D eigenvalue weighted by atomic mass is 9.90. The van der Waals surface area contributed by atoms with Crippen LogP contribution in [0.25, 0.3) is 0 Å². The number of alkyl halides is 3. The summed E-state index contributed by atoms with van der Waals surface area (Å²) < 4.78 is 40.2. The third-order valence-electron chi connectivity index (χ3n) is 4.27. The zero-order chi connectivity index (χ0) is 19.7. The molecule has 1 aliphatic heterocycles. The van der Waals surface area contributed by atoms with Crippen molar-refractivity contribution >= 4 is 23.3 Å². The number of aromatic nitrogens is 2. The topological polar surface area (TPSA) is 78.1 Å². The zero-order valence-electron chi connectivity index (χ0n) is 14.8. The van der Waals surface area contributed by atoms with Crippen LogP contribution in [0, 0.1) is 11.3 Å². The molecule has 2 N–H and O–H groups in total. The summed E-state index contributed by atoms with van der Waals surface area (Å²) in [7, 11) is 0. The molecule has 0 unspecified atom stereocenters. The number of H-pyrrole nitrogens is 1. The lowest BCUT2D eigenvalue weighted by molar-refractivity contribution is -0.172. The second kappa shape index (κ2) is 7.46. The maximum atomic E-state index is 13.4. The van der Waals surface area contributed by atoms with Gasteiger partial charge < -0.3 is 10.2 Å². The van der Waals surface area contributed by atoms with Crippen LogP contribution in [0.15, 0.2) is 10.9 Å². The molecule has 0 aliphatic carbocycles. The number of likely N-dealkylation sites (tertiary alicyclic amines) is 1. The molecule has 1 aliphatic rings. The van der Waals surface area contributed by atoms with E-state index in [-0.39, 0.29) is 35.1 Å². The second-order valence-corrected chi connectivity index (χ2v) is 8.10. The van der Waals surface area contributed by atoms with E-state index < -0.39 is 30.2 Å². The Morgan fingerprint density at radius 3 is 2.58 bits per heavy atom. The number of hydrogen-bond acceptors (Lipinski definition) is 4. The second-order valence-electron chi connectivity index (χ2n) is 7.69. The summed E-state index contributed by atoms with van der Waals surface area (Å²) in [6.45, 7) is 5.42. The van der Waals surface area contributed by atoms with Crippen LogP contribution < -0.4 is 10.9 Å². The number of rotatable bonds is 4. The van der Waals surface area contributed by atoms with Crippen molar-refractivity contribution in [3.05, 3.63) is 21.4 Å². The van der Waals surface area contributed by atoms with Crippen LogP contribution in [-0.4, -0.2) is 46.3 Å². The molecule has 1 saturated heterocycles. The van der Waals surface area contributed by atoms with Crippen LogP contribution in [0.4, 0.5) is 19.0 Å². The Bertz CT molecular complexity index is 715. The molecule has 6 nitrogen and oxygen atoms in total. The van der Waals surface area contributed by atoms with Gasteiger partial charge in [0.1, 0.15) is 10.8 Å². The van der Waals surface area contributed by atoms with E-state index in [9.17, 15) is 22.8 Å². The summed E-state index contributed by atoms with van der Waals surface area (Å²) in [6, 6.07) is 0.0980. The fourth-order valence-electron chi connectivity index (χ4n) is 2.77. The van der Waals surface area contributed by atoms with Gasteiger partial charge in [0.05, 0.1) is 12.0 Å². The Hall–Kier alpha value is -1.77. The maximum Gasteiger partial charge on any atom is 0.395 e. The van der Waals surface area contributed by atoms with Crippen molar-refractivity contribution in [3.8, 4) is 0 Å². The summed E-state index contributed by atoms with van der Waals surface area (Å²) in [4.78, 5) is 24.8. The number of halogens is 4. The molecule has 146 valence electrons. The van der Waals surface area contributed by atoms with E-state index in [4.69, 9.17) is 11.6 Å². The predicted molar refractivity (Wildman–Crippen MR) is 92.1 cm³/mol. The third kappa shape index (κ3) is 5.36. The molecule has 2 atom stereocenters. The van der Waals surface area contributed by atoms with Crippen molar-refractivity contribution in [1.82, 2.24) is 15.1 Å². The van der Waals surface area contributed by atoms with Gasteiger partial charge >= 0.3 is 6.18 Å². The van der Waals surface area contributed by atoms with Crippen LogP contribution >= 0.6 is 11.6 Å². The molecule has 26 heavy (non-hydrogen) atoms. The molecular weight excluding hydrogens is 373 g/mol. The van der Waals surface area contributed by atoms with Gasteiger partial charge in [-0.2, -0.15) is 18.3 Å². The zero-order valence-corrected chi connectivity index (χ0v) is 15.5. The number of nitrogens with one attached hydrogen (secondary N) is 2. The summed E-state index contributed by atoms with van der Waals surface area (Å²) in [5.74, 6) is -2.00. The van der Waals surface area contributed by atoms with Gasteiger partial charge in [0.15, 0.2) is 0 Å². The van der Waals surface area contributed by atoms with E-state index in [0.717, 1.165) is 6.07 Å². The lowest BCUT2D eigenvalue weighted by Gasteiger charge is -2.22. The van der Waals surface area contributed by atoms with Crippen LogP contribution in [0.3, 0.4) is 0 Å². The van der Waals surface area contributed by atoms with Gasteiger partial charge in [-0.25, -0.2) is 5.10 Å². The minimum Gasteiger partial charge on any atom is -0.363 e. The van der Waals surface area contributed by atoms with Crippen LogP contribution in [0.5, 0.6) is 0 Å². The number of carbonyl (C=O) groups excluding carboxylic acids is 1. The van der Waals surface area contributed by atoms with Crippen molar-refractivity contribution in [1.29, 1.82) is 0 Å². The van der Waals surface area contributed by atoms with Crippen molar-refractivity contribution in [2.45, 2.75) is 45.8 Å². The van der Waals surface area contributed by atoms with E-state index in [2.05, 4.69) is 15.5 Å². The highest BCUT2D eigenvalue weighted by Gasteiger charge is 2.50. The molecule has 10 heteroatoms. The summed E-state index contributed by atoms with van der Waals surface area (Å²) in [6.07, 6.45) is -3.68. The molecule has 0 bridgehead atoms. The number of nitrogens with zero attached hydrogens (tertiary/aromatic N) is 2. The number of hydrogen-bond donors (Lipinski definition) is 2. The minimum absolute atomic E-state index is 0.0258. The van der Waals surface area contributed by atoms with Gasteiger partial charge in [-0.15, -0.1) is 0 Å². The maximum absolute atomic E-state index is 13.4. The monoisotopic (exact) mass is 394 g/mol. The van der Waals surface area contributed by atoms with Crippen molar-refractivity contribution in [3.63, 3.8) is 0 Å². The third-order valence-corrected chi connectivity index (χ3v) is 4.55. The van der Waals surface area contributed by atoms with Gasteiger partial charge in [-0.05, 0) is 11.8 Å². The molecule has 0 radical (unpaired) electrons. The van der Waals surface area contributed by atoms with E-state index in [1.807, 2.05) is 20.8 Å². The molecule has 2 rings (SSSR count). The Morgan fingerprint density at radius 1 is 1.38 bits per heavy atom. The molecule has 1 aromatic rings. The standard InChI is InChI=1S/C16H22ClF3N4O2/c1-15(2,3)5-4-13(25)24-7-9(16(18,19)20)11(8-24)21-12-6-10(17)14(26)23-22-12/h6,9,11H,4-5,7-8H2,1-3H3,(H,21,22)(H,23,26)/t9-,11-/m1/s1. The van der Waals surface area contributed by atoms with E-state index in [0.29, 0.717) is 6.42 Å². The highest BCUT2D eigenvalue weighted by molar-refractivity contribution is 6.30. The number of aromatic amines is 1. The van der Waals surface area contributed by atoms with Gasteiger partial charge in [0.25, 0.3) is 5.56 Å². The number of amides is 1. The smallest absolute Gasteiger partial charge is 0.363 e. The average molecular weight is 395 g/mol. The molecule has 1 aromatic heterocycles. The molecule has 0 aromatic carbocycles. The Kier molecular flexibility index (Phi) is 5.89. The van der Waals surface area contributed by atoms with Crippen LogP contribution in [0.1, 0.15) is 33.6 Å². The van der Waals surface area contributed by atoms with Gasteiger partial charge in [-0.3, -0.25) is 9.59 Å². The summed E-state index contributed by atoms with van der Waals surface area (Å²) >= 11 is 5.68. The Morgan fingerprint density at radius 2 is 2.04 bits per heavy atom. The fraction of sp³-hybridized carbons (Fsp3) is 0.688. The predicted octanol–water partition coefficient (Wildman–Crippen LogP) is 3.05. The lowest BCUT2D eigenvalue weighted by Crippen LogP contribution is -2.38. The largest absolute Gasteiger partial charge is 0.395 e. The fourth-order valence-corrected chi connectivity index (χ4v) is 2.92. The first-order chi connectivity index (χ1) is 11.9. The molecular formula is C16H22ClF3N4O2. The molecule has 2 heterocycles. The SMILES string of the molecule is CC(C)(C)CCC(=O)N1C[C@@H](C(F)(F)F)[C@H](Nc2cc(Cl)c(=O)[nH]n2)C1. The van der Waals surface area contributed by atoms with Crippen LogP contribution in [-0.2, 0) is 4.79 Å². The normalized spacial score (nSPS) is 21.1. The first-order valence-corrected chi connectivity index (χ1v) is 8.61. The van der Waals surface area contributed by atoms with E-state index in [1.54, 1.807) is 0 Å². The molecule has 0 saturated carbocycles. The molecule has 0 spiro atoms. The summed E-state index contributed by atoms with van der Waals surface area (Å²) in [5.41, 5.74) is -0.706. The number of anilines is 1. The van der Waals surface area contributed by atoms with Crippen LogP contribution in [0.2, 0.25) is 5.02 Å². The highest BCUT2D eigenvalue weighted by Crippen LogP contribution is 2.35. The Labute approximate surface area is 154 Å². The first-order valence-electron chi connectivity index (χ1n) is 8.23. The van der Waals surface area contributed by atoms with Gasteiger partial charge in [0.2, 0.25) is 5.91 Å². The molecule has 1 fully saturated rings. The Balaban J connectivity index is 2.12. The molecule has 1 amide bonds. The van der Waals surface area contributed by atoms with Gasteiger partial charge in [-0.1, -0.05) is 32.4 Å². The average Bonchev–Trinajstić information content (AvgIpc) is 2.92. The van der Waals surface area contributed by atoms with E-state index in [1.165, 1.54) is 4.90 Å². The number of carbonyl (C=O) groups is 1. The summed E-state index contributed by atoms with van der Waals surface area (Å²) in [5, 5.41) is 8.22. The minimum atomic E-state index is -4.47. The van der Waals surface area contributed by atoms with Crippen molar-refractivity contribution in [2.75, 3.05) is 18.4 Å². The first kappa shape index (κ1) is 20.5. The van der Waals surface area contributed by atoms with Crippen molar-refractivity contribution in [2.24, 2.45) is 11.3 Å². The van der Waals surface area contributed by atoms with Gasteiger partial charge in [0, 0.05) is 25.6 Å². The highest BCUT2D eigenvalue weighted by atomic mass is 35.5. The quantitative estimate of drug-likeness (QED) is 0.822.